The van der Waals surface area contributed by atoms with Gasteiger partial charge in [0.2, 0.25) is 0 Å². The number of hydrogen-bond donors (Lipinski definition) is 0. The van der Waals surface area contributed by atoms with E-state index in [4.69, 9.17) is 9.72 Å². The first-order valence-electron chi connectivity index (χ1n) is 8.63. The molecule has 0 aliphatic heterocycles. The summed E-state index contributed by atoms with van der Waals surface area (Å²) < 4.78 is 8.72. The summed E-state index contributed by atoms with van der Waals surface area (Å²) >= 11 is 0. The van der Waals surface area contributed by atoms with E-state index in [0.717, 1.165) is 11.3 Å². The molecule has 3 aromatic rings. The highest BCUT2D eigenvalue weighted by atomic mass is 16.5. The number of hydrogen-bond acceptors (Lipinski definition) is 4. The van der Waals surface area contributed by atoms with Crippen molar-refractivity contribution in [3.8, 4) is 0 Å². The van der Waals surface area contributed by atoms with E-state index >= 15 is 0 Å². The average Bonchev–Trinajstić information content (AvgIpc) is 2.94. The molecule has 0 spiro atoms. The van der Waals surface area contributed by atoms with E-state index in [1.807, 2.05) is 10.6 Å². The summed E-state index contributed by atoms with van der Waals surface area (Å²) in [6.07, 6.45) is 8.54. The van der Waals surface area contributed by atoms with Gasteiger partial charge in [-0.15, -0.1) is 0 Å². The molecule has 0 N–H and O–H groups in total. The van der Waals surface area contributed by atoms with Crippen LogP contribution in [-0.2, 0) is 11.3 Å². The van der Waals surface area contributed by atoms with Crippen molar-refractivity contribution in [3.05, 3.63) is 53.7 Å². The summed E-state index contributed by atoms with van der Waals surface area (Å²) in [6.45, 7) is 7.27. The molecule has 1 unspecified atom stereocenters. The normalized spacial score (nSPS) is 18.4. The fourth-order valence-corrected chi connectivity index (χ4v) is 3.32. The molecule has 1 atom stereocenters. The van der Waals surface area contributed by atoms with Gasteiger partial charge in [-0.05, 0) is 42.4 Å². The summed E-state index contributed by atoms with van der Waals surface area (Å²) in [5.74, 6) is 0.288. The van der Waals surface area contributed by atoms with Crippen LogP contribution in [0.4, 0.5) is 0 Å². The lowest BCUT2D eigenvalue weighted by atomic mass is 10.0. The summed E-state index contributed by atoms with van der Waals surface area (Å²) in [5, 5.41) is 4.23. The molecule has 3 aromatic heterocycles. The molecule has 130 valence electrons. The minimum atomic E-state index is -0.347. The molecule has 0 radical (unpaired) electrons. The Labute approximate surface area is 146 Å². The zero-order valence-electron chi connectivity index (χ0n) is 14.8. The fourth-order valence-electron chi connectivity index (χ4n) is 3.32. The Kier molecular flexibility index (Phi) is 3.63. The lowest BCUT2D eigenvalue weighted by molar-refractivity contribution is 0.0526. The van der Waals surface area contributed by atoms with Crippen LogP contribution in [0, 0.1) is 5.41 Å². The second-order valence-electron chi connectivity index (χ2n) is 7.35. The summed E-state index contributed by atoms with van der Waals surface area (Å²) in [4.78, 5) is 16.4. The van der Waals surface area contributed by atoms with E-state index in [-0.39, 0.29) is 5.97 Å². The van der Waals surface area contributed by atoms with Gasteiger partial charge < -0.3 is 9.14 Å². The molecule has 0 bridgehead atoms. The van der Waals surface area contributed by atoms with Crippen LogP contribution in [0.3, 0.4) is 0 Å². The highest BCUT2D eigenvalue weighted by molar-refractivity contribution is 5.88. The number of nitrogens with zero attached hydrogens (tertiary/aromatic N) is 4. The molecule has 1 saturated carbocycles. The lowest BCUT2D eigenvalue weighted by Gasteiger charge is -2.03. The summed E-state index contributed by atoms with van der Waals surface area (Å²) in [7, 11) is 0. The van der Waals surface area contributed by atoms with Crippen molar-refractivity contribution in [2.24, 2.45) is 5.41 Å². The third-order valence-corrected chi connectivity index (χ3v) is 4.92. The Bertz CT molecular complexity index is 938. The SMILES string of the molecule is CCOC(=O)c1cnn(Cc2cn3ccc(C4CC4(C)C)cc3n2)c1. The Hall–Kier alpha value is -2.63. The van der Waals surface area contributed by atoms with Gasteiger partial charge in [-0.1, -0.05) is 13.8 Å². The highest BCUT2D eigenvalue weighted by Crippen LogP contribution is 2.58. The predicted molar refractivity (Wildman–Crippen MR) is 93.6 cm³/mol. The Balaban J connectivity index is 1.53. The van der Waals surface area contributed by atoms with E-state index in [1.54, 1.807) is 17.8 Å². The standard InChI is InChI=1S/C19H22N4O2/c1-4-25-18(24)14-9-20-23(10-14)12-15-11-22-6-5-13(7-17(22)21-15)16-8-19(16,2)3/h5-7,9-11,16H,4,8,12H2,1-3H3. The molecular formula is C19H22N4O2. The average molecular weight is 338 g/mol. The number of aromatic nitrogens is 4. The van der Waals surface area contributed by atoms with E-state index in [1.165, 1.54) is 18.2 Å². The Morgan fingerprint density at radius 3 is 2.92 bits per heavy atom. The second kappa shape index (κ2) is 5.72. The first-order valence-corrected chi connectivity index (χ1v) is 8.63. The van der Waals surface area contributed by atoms with Crippen molar-refractivity contribution in [1.82, 2.24) is 19.2 Å². The van der Waals surface area contributed by atoms with Gasteiger partial charge in [0.1, 0.15) is 5.65 Å². The van der Waals surface area contributed by atoms with Crippen LogP contribution in [0.25, 0.3) is 5.65 Å². The number of ether oxygens (including phenoxy) is 1. The van der Waals surface area contributed by atoms with Crippen LogP contribution < -0.4 is 0 Å². The van der Waals surface area contributed by atoms with E-state index in [9.17, 15) is 4.79 Å². The summed E-state index contributed by atoms with van der Waals surface area (Å²) in [5.41, 5.74) is 4.09. The van der Waals surface area contributed by atoms with Gasteiger partial charge in [-0.25, -0.2) is 9.78 Å². The molecule has 1 aliphatic carbocycles. The van der Waals surface area contributed by atoms with Crippen LogP contribution in [0.1, 0.15) is 54.7 Å². The predicted octanol–water partition coefficient (Wildman–Crippen LogP) is 3.27. The maximum Gasteiger partial charge on any atom is 0.341 e. The van der Waals surface area contributed by atoms with Crippen molar-refractivity contribution in [2.45, 2.75) is 39.7 Å². The van der Waals surface area contributed by atoms with Crippen LogP contribution in [0.15, 0.2) is 36.9 Å². The van der Waals surface area contributed by atoms with Crippen LogP contribution in [0.5, 0.6) is 0 Å². The number of esters is 1. The molecule has 6 heteroatoms. The first-order chi connectivity index (χ1) is 12.0. The van der Waals surface area contributed by atoms with Crippen LogP contribution in [-0.4, -0.2) is 31.7 Å². The topological polar surface area (TPSA) is 61.4 Å². The van der Waals surface area contributed by atoms with Crippen molar-refractivity contribution >= 4 is 11.6 Å². The fraction of sp³-hybridized carbons (Fsp3) is 0.421. The third-order valence-electron chi connectivity index (χ3n) is 4.92. The maximum absolute atomic E-state index is 11.7. The van der Waals surface area contributed by atoms with Crippen molar-refractivity contribution in [3.63, 3.8) is 0 Å². The number of imidazole rings is 1. The summed E-state index contributed by atoms with van der Waals surface area (Å²) in [6, 6.07) is 4.36. The largest absolute Gasteiger partial charge is 0.462 e. The molecule has 4 rings (SSSR count). The molecule has 1 fully saturated rings. The van der Waals surface area contributed by atoms with E-state index in [0.29, 0.717) is 30.0 Å². The number of pyridine rings is 1. The van der Waals surface area contributed by atoms with Gasteiger partial charge >= 0.3 is 5.97 Å². The third kappa shape index (κ3) is 3.04. The molecule has 1 aliphatic rings. The van der Waals surface area contributed by atoms with Gasteiger partial charge in [0.15, 0.2) is 0 Å². The van der Waals surface area contributed by atoms with Crippen molar-refractivity contribution in [2.75, 3.05) is 6.61 Å². The molecule has 0 aromatic carbocycles. The minimum Gasteiger partial charge on any atom is -0.462 e. The zero-order valence-corrected chi connectivity index (χ0v) is 14.8. The number of carbonyl (C=O) groups is 1. The van der Waals surface area contributed by atoms with Gasteiger partial charge in [0, 0.05) is 18.6 Å². The highest BCUT2D eigenvalue weighted by Gasteiger charge is 2.46. The van der Waals surface area contributed by atoms with Crippen LogP contribution in [0.2, 0.25) is 0 Å². The Morgan fingerprint density at radius 1 is 1.40 bits per heavy atom. The second-order valence-corrected chi connectivity index (χ2v) is 7.35. The quantitative estimate of drug-likeness (QED) is 0.670. The molecule has 25 heavy (non-hydrogen) atoms. The van der Waals surface area contributed by atoms with Crippen molar-refractivity contribution in [1.29, 1.82) is 0 Å². The van der Waals surface area contributed by atoms with E-state index in [2.05, 4.69) is 37.3 Å². The lowest BCUT2D eigenvalue weighted by Crippen LogP contribution is -2.04. The minimum absolute atomic E-state index is 0.347. The first kappa shape index (κ1) is 15.9. The number of fused-ring (bicyclic) bond motifs is 1. The van der Waals surface area contributed by atoms with Gasteiger partial charge in [0.25, 0.3) is 0 Å². The number of rotatable bonds is 5. The number of carbonyl (C=O) groups excluding carboxylic acids is 1. The molecular weight excluding hydrogens is 316 g/mol. The van der Waals surface area contributed by atoms with E-state index < -0.39 is 0 Å². The maximum atomic E-state index is 11.7. The smallest absolute Gasteiger partial charge is 0.341 e. The van der Waals surface area contributed by atoms with Gasteiger partial charge in [0.05, 0.1) is 30.6 Å². The molecule has 0 amide bonds. The monoisotopic (exact) mass is 338 g/mol. The zero-order chi connectivity index (χ0) is 17.6. The molecule has 3 heterocycles. The van der Waals surface area contributed by atoms with Crippen molar-refractivity contribution < 1.29 is 9.53 Å². The van der Waals surface area contributed by atoms with Gasteiger partial charge in [-0.3, -0.25) is 4.68 Å². The van der Waals surface area contributed by atoms with Gasteiger partial charge in [-0.2, -0.15) is 5.10 Å². The molecule has 6 nitrogen and oxygen atoms in total. The Morgan fingerprint density at radius 2 is 2.20 bits per heavy atom. The van der Waals surface area contributed by atoms with Crippen LogP contribution >= 0.6 is 0 Å². The molecule has 0 saturated heterocycles.